The molecule has 0 saturated carbocycles. The highest BCUT2D eigenvalue weighted by atomic mass is 32.2. The van der Waals surface area contributed by atoms with Crippen molar-refractivity contribution in [3.63, 3.8) is 0 Å². The van der Waals surface area contributed by atoms with Gasteiger partial charge in [-0.05, 0) is 41.9 Å². The predicted octanol–water partition coefficient (Wildman–Crippen LogP) is 4.54. The van der Waals surface area contributed by atoms with Gasteiger partial charge in [0.05, 0.1) is 12.7 Å². The van der Waals surface area contributed by atoms with Crippen LogP contribution >= 0.6 is 11.8 Å². The fourth-order valence-electron chi connectivity index (χ4n) is 2.37. The van der Waals surface area contributed by atoms with E-state index in [4.69, 9.17) is 4.74 Å². The van der Waals surface area contributed by atoms with Gasteiger partial charge in [-0.2, -0.15) is 0 Å². The molecule has 2 aromatic carbocycles. The molecule has 132 valence electrons. The fourth-order valence-corrected chi connectivity index (χ4v) is 3.51. The predicted molar refractivity (Wildman–Crippen MR) is 100 cm³/mol. The van der Waals surface area contributed by atoms with E-state index in [1.807, 2.05) is 42.5 Å². The molecule has 0 N–H and O–H groups in total. The van der Waals surface area contributed by atoms with E-state index < -0.39 is 0 Å². The zero-order chi connectivity index (χ0) is 18.1. The second-order valence-electron chi connectivity index (χ2n) is 5.49. The van der Waals surface area contributed by atoms with Crippen molar-refractivity contribution in [2.45, 2.75) is 25.2 Å². The summed E-state index contributed by atoms with van der Waals surface area (Å²) in [6, 6.07) is 17.4. The van der Waals surface area contributed by atoms with E-state index in [1.165, 1.54) is 20.5 Å². The lowest BCUT2D eigenvalue weighted by molar-refractivity contribution is -0.142. The van der Waals surface area contributed by atoms with Crippen molar-refractivity contribution in [1.82, 2.24) is 0 Å². The third kappa shape index (κ3) is 6.27. The second-order valence-corrected chi connectivity index (χ2v) is 6.75. The summed E-state index contributed by atoms with van der Waals surface area (Å²) < 4.78 is 9.58. The van der Waals surface area contributed by atoms with Gasteiger partial charge in [-0.1, -0.05) is 42.5 Å². The molecule has 1 aliphatic heterocycles. The average Bonchev–Trinajstić information content (AvgIpc) is 3.15. The first-order valence-corrected chi connectivity index (χ1v) is 9.17. The van der Waals surface area contributed by atoms with Crippen LogP contribution in [0.4, 0.5) is 0 Å². The molecular formula is C20H22O4S. The van der Waals surface area contributed by atoms with Crippen LogP contribution in [0.2, 0.25) is 0 Å². The number of hydrogen-bond acceptors (Lipinski definition) is 5. The number of carbonyl (C=O) groups excluding carboxylic acids is 2. The lowest BCUT2D eigenvalue weighted by Gasteiger charge is -2.06. The van der Waals surface area contributed by atoms with E-state index in [0.717, 1.165) is 23.3 Å². The van der Waals surface area contributed by atoms with E-state index in [0.29, 0.717) is 5.56 Å². The van der Waals surface area contributed by atoms with Crippen molar-refractivity contribution in [1.29, 1.82) is 0 Å². The van der Waals surface area contributed by atoms with E-state index >= 15 is 0 Å². The van der Waals surface area contributed by atoms with Gasteiger partial charge in [-0.15, -0.1) is 11.8 Å². The quantitative estimate of drug-likeness (QED) is 0.754. The number of rotatable bonds is 3. The standard InChI is InChI=1S/C14H12O2.C6H10O2S/c1-16-14(15)13-9-7-12(8-10-13)11-5-3-2-4-6-11;1-5(7)8-6-3-2-4-9-6/h2-10H,1H3;6H,2-4H2,1H3. The van der Waals surface area contributed by atoms with Gasteiger partial charge in [0.15, 0.2) is 0 Å². The lowest BCUT2D eigenvalue weighted by atomic mass is 10.0. The van der Waals surface area contributed by atoms with Crippen LogP contribution < -0.4 is 0 Å². The summed E-state index contributed by atoms with van der Waals surface area (Å²) in [5, 5.41) is 0. The number of carbonyl (C=O) groups is 2. The van der Waals surface area contributed by atoms with Crippen LogP contribution in [0.3, 0.4) is 0 Å². The Morgan fingerprint density at radius 1 is 1.00 bits per heavy atom. The van der Waals surface area contributed by atoms with Crippen LogP contribution in [0.5, 0.6) is 0 Å². The Kier molecular flexibility index (Phi) is 7.54. The first kappa shape index (κ1) is 19.1. The number of thioether (sulfide) groups is 1. The number of methoxy groups -OCH3 is 1. The number of hydrogen-bond donors (Lipinski definition) is 0. The zero-order valence-electron chi connectivity index (χ0n) is 14.4. The summed E-state index contributed by atoms with van der Waals surface area (Å²) in [5.74, 6) is 0.673. The Labute approximate surface area is 152 Å². The van der Waals surface area contributed by atoms with E-state index in [2.05, 4.69) is 4.74 Å². The summed E-state index contributed by atoms with van der Waals surface area (Å²) in [6.07, 6.45) is 2.22. The molecular weight excluding hydrogens is 336 g/mol. The van der Waals surface area contributed by atoms with Gasteiger partial charge < -0.3 is 9.47 Å². The largest absolute Gasteiger partial charge is 0.465 e. The van der Waals surface area contributed by atoms with Crippen LogP contribution in [0, 0.1) is 0 Å². The minimum Gasteiger partial charge on any atom is -0.465 e. The van der Waals surface area contributed by atoms with Crippen molar-refractivity contribution in [3.8, 4) is 11.1 Å². The first-order chi connectivity index (χ1) is 12.1. The third-order valence-electron chi connectivity index (χ3n) is 3.60. The Bertz CT molecular complexity index is 677. The molecule has 5 heteroatoms. The molecule has 25 heavy (non-hydrogen) atoms. The van der Waals surface area contributed by atoms with Gasteiger partial charge in [0.1, 0.15) is 5.44 Å². The average molecular weight is 358 g/mol. The fraction of sp³-hybridized carbons (Fsp3) is 0.300. The minimum absolute atomic E-state index is 0.155. The molecule has 0 radical (unpaired) electrons. The van der Waals surface area contributed by atoms with Crippen LogP contribution in [0.15, 0.2) is 54.6 Å². The number of ether oxygens (including phenoxy) is 2. The highest BCUT2D eigenvalue weighted by Gasteiger charge is 2.17. The molecule has 0 aromatic heterocycles. The van der Waals surface area contributed by atoms with E-state index in [-0.39, 0.29) is 17.4 Å². The third-order valence-corrected chi connectivity index (χ3v) is 4.83. The molecule has 1 fully saturated rings. The first-order valence-electron chi connectivity index (χ1n) is 8.13. The Balaban J connectivity index is 0.000000212. The molecule has 1 aliphatic rings. The van der Waals surface area contributed by atoms with Crippen LogP contribution in [0.25, 0.3) is 11.1 Å². The van der Waals surface area contributed by atoms with Gasteiger partial charge in [-0.25, -0.2) is 4.79 Å². The molecule has 1 heterocycles. The van der Waals surface area contributed by atoms with Crippen molar-refractivity contribution in [2.75, 3.05) is 12.9 Å². The van der Waals surface area contributed by atoms with Gasteiger partial charge in [-0.3, -0.25) is 4.79 Å². The highest BCUT2D eigenvalue weighted by molar-refractivity contribution is 8.00. The van der Waals surface area contributed by atoms with Gasteiger partial charge in [0, 0.05) is 6.92 Å². The summed E-state index contributed by atoms with van der Waals surface area (Å²) in [7, 11) is 1.38. The molecule has 0 bridgehead atoms. The molecule has 1 saturated heterocycles. The molecule has 2 aromatic rings. The molecule has 4 nitrogen and oxygen atoms in total. The van der Waals surface area contributed by atoms with Gasteiger partial charge >= 0.3 is 11.9 Å². The van der Waals surface area contributed by atoms with Crippen LogP contribution in [-0.2, 0) is 14.3 Å². The molecule has 0 spiro atoms. The zero-order valence-corrected chi connectivity index (χ0v) is 15.3. The molecule has 1 atom stereocenters. The van der Waals surface area contributed by atoms with Gasteiger partial charge in [0.2, 0.25) is 0 Å². The molecule has 1 unspecified atom stereocenters. The summed E-state index contributed by atoms with van der Waals surface area (Å²) in [6.45, 7) is 1.46. The normalized spacial score (nSPS) is 15.7. The number of esters is 2. The topological polar surface area (TPSA) is 52.6 Å². The monoisotopic (exact) mass is 358 g/mol. The summed E-state index contributed by atoms with van der Waals surface area (Å²) >= 11 is 1.73. The number of benzene rings is 2. The highest BCUT2D eigenvalue weighted by Crippen LogP contribution is 2.26. The summed E-state index contributed by atoms with van der Waals surface area (Å²) in [5.41, 5.74) is 2.96. The lowest BCUT2D eigenvalue weighted by Crippen LogP contribution is -2.07. The van der Waals surface area contributed by atoms with Crippen molar-refractivity contribution >= 4 is 23.7 Å². The maximum Gasteiger partial charge on any atom is 0.337 e. The van der Waals surface area contributed by atoms with Crippen molar-refractivity contribution in [3.05, 3.63) is 60.2 Å². The minimum atomic E-state index is -0.306. The SMILES string of the molecule is CC(=O)OC1CCCS1.COC(=O)c1ccc(-c2ccccc2)cc1. The van der Waals surface area contributed by atoms with Crippen molar-refractivity contribution < 1.29 is 19.1 Å². The van der Waals surface area contributed by atoms with Crippen molar-refractivity contribution in [2.24, 2.45) is 0 Å². The second kappa shape index (κ2) is 9.89. The molecule has 0 amide bonds. The van der Waals surface area contributed by atoms with Crippen LogP contribution in [-0.4, -0.2) is 30.2 Å². The maximum absolute atomic E-state index is 11.2. The molecule has 0 aliphatic carbocycles. The molecule has 3 rings (SSSR count). The Morgan fingerprint density at radius 2 is 1.64 bits per heavy atom. The van der Waals surface area contributed by atoms with E-state index in [1.54, 1.807) is 23.9 Å². The summed E-state index contributed by atoms with van der Waals surface area (Å²) in [4.78, 5) is 21.6. The Hall–Kier alpha value is -2.27. The van der Waals surface area contributed by atoms with Gasteiger partial charge in [0.25, 0.3) is 0 Å². The van der Waals surface area contributed by atoms with E-state index in [9.17, 15) is 9.59 Å². The Morgan fingerprint density at radius 3 is 2.16 bits per heavy atom. The smallest absolute Gasteiger partial charge is 0.337 e. The maximum atomic E-state index is 11.2. The van der Waals surface area contributed by atoms with Crippen LogP contribution in [0.1, 0.15) is 30.1 Å².